The number of benzene rings is 1. The number of aromatic nitrogens is 3. The van der Waals surface area contributed by atoms with Crippen molar-refractivity contribution < 1.29 is 0 Å². The van der Waals surface area contributed by atoms with Crippen molar-refractivity contribution in [3.63, 3.8) is 0 Å². The Balaban J connectivity index is 2.41. The zero-order valence-electron chi connectivity index (χ0n) is 11.1. The molecule has 1 heterocycles. The Bertz CT molecular complexity index is 661. The maximum Gasteiger partial charge on any atom is 0.226 e. The first-order chi connectivity index (χ1) is 9.70. The van der Waals surface area contributed by atoms with Crippen molar-refractivity contribution in [3.05, 3.63) is 72.3 Å². The van der Waals surface area contributed by atoms with E-state index in [9.17, 15) is 0 Å². The van der Waals surface area contributed by atoms with Crippen molar-refractivity contribution in [1.82, 2.24) is 15.0 Å². The van der Waals surface area contributed by atoms with E-state index in [-0.39, 0.29) is 5.28 Å². The van der Waals surface area contributed by atoms with Crippen LogP contribution in [0.3, 0.4) is 0 Å². The monoisotopic (exact) mass is 283 g/mol. The molecule has 0 fully saturated rings. The maximum absolute atomic E-state index is 5.98. The normalized spacial score (nSPS) is 11.8. The summed E-state index contributed by atoms with van der Waals surface area (Å²) in [6, 6.07) is 9.68. The molecule has 0 aliphatic carbocycles. The highest BCUT2D eigenvalue weighted by molar-refractivity contribution is 6.28. The number of halogens is 1. The summed E-state index contributed by atoms with van der Waals surface area (Å²) in [4.78, 5) is 12.8. The molecule has 1 aromatic carbocycles. The summed E-state index contributed by atoms with van der Waals surface area (Å²) in [5.41, 5.74) is 1.82. The van der Waals surface area contributed by atoms with Crippen LogP contribution in [0.25, 0.3) is 17.0 Å². The third kappa shape index (κ3) is 3.62. The van der Waals surface area contributed by atoms with Crippen molar-refractivity contribution >= 4 is 17.2 Å². The average molecular weight is 284 g/mol. The van der Waals surface area contributed by atoms with Gasteiger partial charge in [-0.25, -0.2) is 4.98 Å². The standard InChI is InChI=1S/C16H14ClN3/c1-3-4-6-9-12(2)14-18-15(20-16(17)19-14)13-10-7-5-8-11-13/h3-11H,1H2,2H3/b6-4-,12-9+. The minimum atomic E-state index is 0.189. The summed E-state index contributed by atoms with van der Waals surface area (Å²) in [6.07, 6.45) is 7.33. The van der Waals surface area contributed by atoms with Gasteiger partial charge in [-0.15, -0.1) is 0 Å². The van der Waals surface area contributed by atoms with E-state index in [0.717, 1.165) is 11.1 Å². The second kappa shape index (κ2) is 6.78. The van der Waals surface area contributed by atoms with Gasteiger partial charge >= 0.3 is 0 Å². The lowest BCUT2D eigenvalue weighted by Gasteiger charge is -2.04. The highest BCUT2D eigenvalue weighted by Gasteiger charge is 2.07. The van der Waals surface area contributed by atoms with Gasteiger partial charge in [0.2, 0.25) is 5.28 Å². The van der Waals surface area contributed by atoms with Crippen molar-refractivity contribution in [2.24, 2.45) is 0 Å². The molecule has 0 saturated carbocycles. The minimum absolute atomic E-state index is 0.189. The number of nitrogens with zero attached hydrogens (tertiary/aromatic N) is 3. The molecule has 0 aliphatic heterocycles. The lowest BCUT2D eigenvalue weighted by molar-refractivity contribution is 1.02. The van der Waals surface area contributed by atoms with Crippen LogP contribution in [-0.4, -0.2) is 15.0 Å². The summed E-state index contributed by atoms with van der Waals surface area (Å²) in [5.74, 6) is 1.14. The summed E-state index contributed by atoms with van der Waals surface area (Å²) >= 11 is 5.98. The molecular formula is C16H14ClN3. The molecule has 3 nitrogen and oxygen atoms in total. The van der Waals surface area contributed by atoms with Gasteiger partial charge < -0.3 is 0 Å². The Labute approximate surface area is 123 Å². The summed E-state index contributed by atoms with van der Waals surface area (Å²) < 4.78 is 0. The molecule has 0 unspecified atom stereocenters. The molecule has 2 rings (SSSR count). The van der Waals surface area contributed by atoms with Gasteiger partial charge in [-0.3, -0.25) is 0 Å². The average Bonchev–Trinajstić information content (AvgIpc) is 2.47. The van der Waals surface area contributed by atoms with E-state index >= 15 is 0 Å². The van der Waals surface area contributed by atoms with E-state index in [4.69, 9.17) is 11.6 Å². The zero-order valence-corrected chi connectivity index (χ0v) is 11.9. The molecule has 2 aromatic rings. The quantitative estimate of drug-likeness (QED) is 0.784. The van der Waals surface area contributed by atoms with Crippen LogP contribution in [0.4, 0.5) is 0 Å². The van der Waals surface area contributed by atoms with Gasteiger partial charge in [-0.1, -0.05) is 61.2 Å². The Kier molecular flexibility index (Phi) is 4.80. The SMILES string of the molecule is C=C/C=C\C=C(/C)c1nc(Cl)nc(-c2ccccc2)n1. The molecule has 0 atom stereocenters. The topological polar surface area (TPSA) is 38.7 Å². The van der Waals surface area contributed by atoms with Crippen molar-refractivity contribution in [1.29, 1.82) is 0 Å². The smallest absolute Gasteiger partial charge is 0.208 e. The van der Waals surface area contributed by atoms with Gasteiger partial charge in [-0.2, -0.15) is 9.97 Å². The predicted molar refractivity (Wildman–Crippen MR) is 83.3 cm³/mol. The lowest BCUT2D eigenvalue weighted by atomic mass is 10.2. The van der Waals surface area contributed by atoms with Gasteiger partial charge in [0.25, 0.3) is 0 Å². The minimum Gasteiger partial charge on any atom is -0.208 e. The van der Waals surface area contributed by atoms with E-state index in [1.165, 1.54) is 0 Å². The number of allylic oxidation sites excluding steroid dienone is 5. The number of hydrogen-bond acceptors (Lipinski definition) is 3. The van der Waals surface area contributed by atoms with Crippen molar-refractivity contribution in [2.75, 3.05) is 0 Å². The van der Waals surface area contributed by atoms with Crippen LogP contribution in [0.5, 0.6) is 0 Å². The predicted octanol–water partition coefficient (Wildman–Crippen LogP) is 4.34. The Hall–Kier alpha value is -2.26. The fourth-order valence-electron chi connectivity index (χ4n) is 1.60. The molecular weight excluding hydrogens is 270 g/mol. The largest absolute Gasteiger partial charge is 0.226 e. The first kappa shape index (κ1) is 14.2. The van der Waals surface area contributed by atoms with Gasteiger partial charge in [-0.05, 0) is 24.1 Å². The first-order valence-electron chi connectivity index (χ1n) is 6.14. The van der Waals surface area contributed by atoms with Gasteiger partial charge in [0.15, 0.2) is 11.6 Å². The van der Waals surface area contributed by atoms with Gasteiger partial charge in [0, 0.05) is 5.56 Å². The molecule has 100 valence electrons. The molecule has 0 saturated heterocycles. The molecule has 0 bridgehead atoms. The van der Waals surface area contributed by atoms with Crippen molar-refractivity contribution in [3.8, 4) is 11.4 Å². The van der Waals surface area contributed by atoms with Crippen LogP contribution in [-0.2, 0) is 0 Å². The maximum atomic E-state index is 5.98. The molecule has 0 spiro atoms. The molecule has 4 heteroatoms. The third-order valence-corrected chi connectivity index (χ3v) is 2.76. The second-order valence-electron chi connectivity index (χ2n) is 4.09. The van der Waals surface area contributed by atoms with Crippen LogP contribution >= 0.6 is 11.6 Å². The molecule has 20 heavy (non-hydrogen) atoms. The summed E-state index contributed by atoms with van der Waals surface area (Å²) in [7, 11) is 0. The van der Waals surface area contributed by atoms with Crippen LogP contribution in [0.1, 0.15) is 12.7 Å². The zero-order chi connectivity index (χ0) is 14.4. The fourth-order valence-corrected chi connectivity index (χ4v) is 1.76. The van der Waals surface area contributed by atoms with E-state index in [1.54, 1.807) is 6.08 Å². The lowest BCUT2D eigenvalue weighted by Crippen LogP contribution is -1.99. The number of hydrogen-bond donors (Lipinski definition) is 0. The molecule has 0 aliphatic rings. The van der Waals surface area contributed by atoms with E-state index in [0.29, 0.717) is 11.6 Å². The van der Waals surface area contributed by atoms with Crippen molar-refractivity contribution in [2.45, 2.75) is 6.92 Å². The summed E-state index contributed by atoms with van der Waals surface area (Å²) in [6.45, 7) is 5.54. The van der Waals surface area contributed by atoms with Crippen LogP contribution in [0.15, 0.2) is 61.2 Å². The van der Waals surface area contributed by atoms with Crippen LogP contribution < -0.4 is 0 Å². The van der Waals surface area contributed by atoms with E-state index in [2.05, 4.69) is 21.5 Å². The van der Waals surface area contributed by atoms with Crippen LogP contribution in [0.2, 0.25) is 5.28 Å². The molecule has 0 N–H and O–H groups in total. The molecule has 1 aromatic heterocycles. The number of rotatable bonds is 4. The Morgan fingerprint density at radius 3 is 2.55 bits per heavy atom. The summed E-state index contributed by atoms with van der Waals surface area (Å²) in [5, 5.41) is 0.189. The Morgan fingerprint density at radius 2 is 1.85 bits per heavy atom. The third-order valence-electron chi connectivity index (χ3n) is 2.59. The second-order valence-corrected chi connectivity index (χ2v) is 4.43. The van der Waals surface area contributed by atoms with E-state index in [1.807, 2.05) is 55.5 Å². The Morgan fingerprint density at radius 1 is 1.10 bits per heavy atom. The van der Waals surface area contributed by atoms with Gasteiger partial charge in [0.1, 0.15) is 0 Å². The molecule has 0 radical (unpaired) electrons. The molecule has 0 amide bonds. The highest BCUT2D eigenvalue weighted by Crippen LogP contribution is 2.18. The van der Waals surface area contributed by atoms with Crippen LogP contribution in [0, 0.1) is 0 Å². The first-order valence-corrected chi connectivity index (χ1v) is 6.52. The van der Waals surface area contributed by atoms with E-state index < -0.39 is 0 Å². The fraction of sp³-hybridized carbons (Fsp3) is 0.0625. The highest BCUT2D eigenvalue weighted by atomic mass is 35.5. The van der Waals surface area contributed by atoms with Gasteiger partial charge in [0.05, 0.1) is 0 Å².